The zero-order valence-electron chi connectivity index (χ0n) is 8.67. The number of hydrogen-bond donors (Lipinski definition) is 1. The van der Waals surface area contributed by atoms with Crippen LogP contribution in [0.5, 0.6) is 0 Å². The lowest BCUT2D eigenvalue weighted by molar-refractivity contribution is 0.0953. The molecule has 0 amide bonds. The summed E-state index contributed by atoms with van der Waals surface area (Å²) in [6.45, 7) is 4.61. The van der Waals surface area contributed by atoms with Crippen LogP contribution in [-0.2, 0) is 4.74 Å². The van der Waals surface area contributed by atoms with Crippen LogP contribution in [0, 0.1) is 11.8 Å². The third kappa shape index (κ3) is 1.96. The Labute approximate surface area is 90.2 Å². The molecule has 0 saturated carbocycles. The van der Waals surface area contributed by atoms with E-state index in [1.807, 2.05) is 24.3 Å². The average molecular weight is 204 g/mol. The Balaban J connectivity index is 2.20. The van der Waals surface area contributed by atoms with E-state index >= 15 is 0 Å². The fraction of sp³-hybridized carbons (Fsp3) is 0.385. The van der Waals surface area contributed by atoms with Gasteiger partial charge in [0.2, 0.25) is 0 Å². The van der Waals surface area contributed by atoms with Crippen LogP contribution < -0.4 is 0 Å². The van der Waals surface area contributed by atoms with Crippen molar-refractivity contribution in [3.05, 3.63) is 48.6 Å². The fourth-order valence-electron chi connectivity index (χ4n) is 2.15. The van der Waals surface area contributed by atoms with E-state index in [9.17, 15) is 5.11 Å². The Morgan fingerprint density at radius 2 is 2.13 bits per heavy atom. The molecular weight excluding hydrogens is 188 g/mol. The summed E-state index contributed by atoms with van der Waals surface area (Å²) in [7, 11) is 0. The molecule has 0 spiro atoms. The van der Waals surface area contributed by atoms with E-state index in [0.29, 0.717) is 6.61 Å². The number of aliphatic hydroxyl groups excluding tert-OH is 1. The summed E-state index contributed by atoms with van der Waals surface area (Å²) in [5.41, 5.74) is 1.17. The molecule has 1 aliphatic heterocycles. The number of hydrogen-bond acceptors (Lipinski definition) is 2. The third-order valence-electron chi connectivity index (χ3n) is 3.02. The second kappa shape index (κ2) is 4.60. The third-order valence-corrected chi connectivity index (χ3v) is 3.02. The molecule has 15 heavy (non-hydrogen) atoms. The van der Waals surface area contributed by atoms with E-state index in [4.69, 9.17) is 4.74 Å². The monoisotopic (exact) mass is 204 g/mol. The highest BCUT2D eigenvalue weighted by atomic mass is 16.5. The van der Waals surface area contributed by atoms with Crippen LogP contribution in [0.3, 0.4) is 0 Å². The van der Waals surface area contributed by atoms with E-state index in [1.165, 1.54) is 5.56 Å². The fourth-order valence-corrected chi connectivity index (χ4v) is 2.15. The van der Waals surface area contributed by atoms with E-state index in [-0.39, 0.29) is 24.5 Å². The van der Waals surface area contributed by atoms with Gasteiger partial charge in [-0.25, -0.2) is 0 Å². The molecule has 3 unspecified atom stereocenters. The normalized spacial score (nSPS) is 30.3. The highest BCUT2D eigenvalue weighted by molar-refractivity contribution is 5.21. The lowest BCUT2D eigenvalue weighted by atomic mass is 9.88. The van der Waals surface area contributed by atoms with Crippen LogP contribution in [0.1, 0.15) is 11.7 Å². The lowest BCUT2D eigenvalue weighted by Gasteiger charge is -2.18. The first-order chi connectivity index (χ1) is 7.36. The summed E-state index contributed by atoms with van der Waals surface area (Å²) >= 11 is 0. The van der Waals surface area contributed by atoms with Gasteiger partial charge in [0.25, 0.3) is 0 Å². The highest BCUT2D eigenvalue weighted by Crippen LogP contribution is 2.38. The Hall–Kier alpha value is -1.12. The minimum Gasteiger partial charge on any atom is -0.396 e. The predicted octanol–water partition coefficient (Wildman–Crippen LogP) is 2.17. The summed E-state index contributed by atoms with van der Waals surface area (Å²) in [5.74, 6) is 0.408. The first-order valence-electron chi connectivity index (χ1n) is 5.26. The molecule has 3 atom stereocenters. The first-order valence-corrected chi connectivity index (χ1v) is 5.26. The van der Waals surface area contributed by atoms with Crippen LogP contribution in [0.2, 0.25) is 0 Å². The van der Waals surface area contributed by atoms with Crippen LogP contribution in [-0.4, -0.2) is 18.3 Å². The minimum absolute atomic E-state index is 0.0563. The largest absolute Gasteiger partial charge is 0.396 e. The molecule has 1 aromatic rings. The number of benzene rings is 1. The molecule has 0 aliphatic carbocycles. The molecule has 1 saturated heterocycles. The molecule has 2 rings (SSSR count). The Morgan fingerprint density at radius 1 is 1.40 bits per heavy atom. The van der Waals surface area contributed by atoms with Crippen molar-refractivity contribution >= 4 is 0 Å². The van der Waals surface area contributed by atoms with Crippen molar-refractivity contribution in [3.63, 3.8) is 0 Å². The Kier molecular flexibility index (Phi) is 3.19. The molecule has 1 fully saturated rings. The lowest BCUT2D eigenvalue weighted by Crippen LogP contribution is -2.15. The second-order valence-corrected chi connectivity index (χ2v) is 3.92. The topological polar surface area (TPSA) is 29.5 Å². The van der Waals surface area contributed by atoms with Crippen molar-refractivity contribution in [1.82, 2.24) is 0 Å². The zero-order chi connectivity index (χ0) is 10.7. The number of aliphatic hydroxyl groups is 1. The van der Waals surface area contributed by atoms with Gasteiger partial charge in [-0.05, 0) is 5.56 Å². The van der Waals surface area contributed by atoms with Gasteiger partial charge in [-0.1, -0.05) is 36.4 Å². The summed E-state index contributed by atoms with van der Waals surface area (Å²) in [6.07, 6.45) is 1.95. The molecule has 0 bridgehead atoms. The summed E-state index contributed by atoms with van der Waals surface area (Å²) in [6, 6.07) is 10.1. The van der Waals surface area contributed by atoms with Crippen molar-refractivity contribution in [3.8, 4) is 0 Å². The number of ether oxygens (including phenoxy) is 1. The van der Waals surface area contributed by atoms with Crippen molar-refractivity contribution in [2.75, 3.05) is 13.2 Å². The number of rotatable bonds is 3. The first kappa shape index (κ1) is 10.4. The van der Waals surface area contributed by atoms with Crippen molar-refractivity contribution in [2.45, 2.75) is 6.10 Å². The summed E-state index contributed by atoms with van der Waals surface area (Å²) in [5, 5.41) is 9.20. The van der Waals surface area contributed by atoms with Crippen molar-refractivity contribution in [2.24, 2.45) is 11.8 Å². The minimum atomic E-state index is 0.0563. The van der Waals surface area contributed by atoms with Crippen molar-refractivity contribution < 1.29 is 9.84 Å². The SMILES string of the molecule is C=CC1C(CO)COC1c1ccccc1. The molecule has 2 nitrogen and oxygen atoms in total. The van der Waals surface area contributed by atoms with E-state index in [0.717, 1.165) is 0 Å². The van der Waals surface area contributed by atoms with Gasteiger partial charge in [-0.2, -0.15) is 0 Å². The molecule has 1 aromatic carbocycles. The van der Waals surface area contributed by atoms with Crippen LogP contribution in [0.4, 0.5) is 0 Å². The van der Waals surface area contributed by atoms with Crippen molar-refractivity contribution in [1.29, 1.82) is 0 Å². The molecular formula is C13H16O2. The van der Waals surface area contributed by atoms with Gasteiger partial charge in [0, 0.05) is 18.4 Å². The Morgan fingerprint density at radius 3 is 2.73 bits per heavy atom. The average Bonchev–Trinajstić information content (AvgIpc) is 2.72. The molecule has 1 N–H and O–H groups in total. The zero-order valence-corrected chi connectivity index (χ0v) is 8.67. The quantitative estimate of drug-likeness (QED) is 0.765. The van der Waals surface area contributed by atoms with E-state index in [2.05, 4.69) is 18.7 Å². The van der Waals surface area contributed by atoms with Gasteiger partial charge in [0.1, 0.15) is 0 Å². The summed E-state index contributed by atoms with van der Waals surface area (Å²) in [4.78, 5) is 0. The summed E-state index contributed by atoms with van der Waals surface area (Å²) < 4.78 is 5.71. The maximum absolute atomic E-state index is 9.20. The van der Waals surface area contributed by atoms with Gasteiger partial charge in [0.05, 0.1) is 12.7 Å². The van der Waals surface area contributed by atoms with Gasteiger partial charge in [0.15, 0.2) is 0 Å². The van der Waals surface area contributed by atoms with Crippen LogP contribution >= 0.6 is 0 Å². The molecule has 1 heterocycles. The molecule has 80 valence electrons. The highest BCUT2D eigenvalue weighted by Gasteiger charge is 2.35. The molecule has 0 radical (unpaired) electrons. The maximum Gasteiger partial charge on any atom is 0.0891 e. The molecule has 0 aromatic heterocycles. The maximum atomic E-state index is 9.20. The van der Waals surface area contributed by atoms with Crippen LogP contribution in [0.25, 0.3) is 0 Å². The van der Waals surface area contributed by atoms with Gasteiger partial charge in [-0.3, -0.25) is 0 Å². The van der Waals surface area contributed by atoms with E-state index < -0.39 is 0 Å². The van der Waals surface area contributed by atoms with Gasteiger partial charge >= 0.3 is 0 Å². The Bertz CT molecular complexity index is 321. The van der Waals surface area contributed by atoms with Gasteiger partial charge < -0.3 is 9.84 Å². The van der Waals surface area contributed by atoms with E-state index in [1.54, 1.807) is 0 Å². The molecule has 2 heteroatoms. The van der Waals surface area contributed by atoms with Gasteiger partial charge in [-0.15, -0.1) is 6.58 Å². The smallest absolute Gasteiger partial charge is 0.0891 e. The second-order valence-electron chi connectivity index (χ2n) is 3.92. The standard InChI is InChI=1S/C13H16O2/c1-2-12-11(8-14)9-15-13(12)10-6-4-3-5-7-10/h2-7,11-14H,1,8-9H2. The predicted molar refractivity (Wildman–Crippen MR) is 59.4 cm³/mol. The molecule has 1 aliphatic rings. The van der Waals surface area contributed by atoms with Crippen LogP contribution in [0.15, 0.2) is 43.0 Å².